The van der Waals surface area contributed by atoms with E-state index in [1.807, 2.05) is 6.07 Å². The zero-order valence-electron chi connectivity index (χ0n) is 23.0. The van der Waals surface area contributed by atoms with Gasteiger partial charge in [-0.2, -0.15) is 0 Å². The van der Waals surface area contributed by atoms with Gasteiger partial charge in [-0.25, -0.2) is 4.99 Å². The van der Waals surface area contributed by atoms with E-state index in [1.165, 1.54) is 49.0 Å². The molecule has 0 spiro atoms. The zero-order valence-corrected chi connectivity index (χ0v) is 23.0. The summed E-state index contributed by atoms with van der Waals surface area (Å²) in [5.74, 6) is 0.885. The molecule has 0 saturated heterocycles. The molecule has 1 aliphatic heterocycles. The Morgan fingerprint density at radius 2 is 0.929 bits per heavy atom. The SMILES string of the molecule is c1ccc(C2N=C(c3cccc(-c4ccc5c6ccccc6c6ccccc6c5c4)c3)NC(c3ccccc3)N2)cc1. The van der Waals surface area contributed by atoms with E-state index in [9.17, 15) is 0 Å². The second-order valence-electron chi connectivity index (χ2n) is 10.9. The highest BCUT2D eigenvalue weighted by atomic mass is 15.3. The molecule has 2 unspecified atom stereocenters. The minimum atomic E-state index is -0.156. The Morgan fingerprint density at radius 3 is 1.60 bits per heavy atom. The molecule has 7 aromatic carbocycles. The fourth-order valence-electron chi connectivity index (χ4n) is 6.26. The maximum atomic E-state index is 5.15. The smallest absolute Gasteiger partial charge is 0.131 e. The lowest BCUT2D eigenvalue weighted by molar-refractivity contribution is 0.409. The predicted molar refractivity (Wildman–Crippen MR) is 176 cm³/mol. The number of nitrogens with zero attached hydrogens (tertiary/aromatic N) is 1. The van der Waals surface area contributed by atoms with Crippen LogP contribution in [-0.4, -0.2) is 5.84 Å². The van der Waals surface area contributed by atoms with Crippen LogP contribution in [-0.2, 0) is 0 Å². The maximum absolute atomic E-state index is 5.15. The van der Waals surface area contributed by atoms with Crippen molar-refractivity contribution in [1.29, 1.82) is 0 Å². The molecule has 3 heteroatoms. The largest absolute Gasteiger partial charge is 0.350 e. The maximum Gasteiger partial charge on any atom is 0.131 e. The van der Waals surface area contributed by atoms with E-state index in [4.69, 9.17) is 4.99 Å². The minimum absolute atomic E-state index is 0.0622. The summed E-state index contributed by atoms with van der Waals surface area (Å²) in [6.07, 6.45) is -0.218. The van der Waals surface area contributed by atoms with E-state index in [1.54, 1.807) is 0 Å². The van der Waals surface area contributed by atoms with Gasteiger partial charge in [0.2, 0.25) is 0 Å². The standard InChI is InChI=1S/C39H29N3/c1-3-12-26(13-4-1)37-40-38(27-14-5-2-6-15-27)42-39(41-37)30-17-11-16-28(24-30)29-22-23-35-33-20-8-7-18-31(33)32-19-9-10-21-34(32)36(35)25-29/h1-25,37-38,40H,(H,41,42). The summed E-state index contributed by atoms with van der Waals surface area (Å²) < 4.78 is 0. The van der Waals surface area contributed by atoms with Crippen molar-refractivity contribution in [2.45, 2.75) is 12.3 Å². The number of nitrogens with one attached hydrogen (secondary N) is 2. The molecule has 0 saturated carbocycles. The highest BCUT2D eigenvalue weighted by molar-refractivity contribution is 6.25. The van der Waals surface area contributed by atoms with Crippen molar-refractivity contribution in [2.24, 2.45) is 4.99 Å². The van der Waals surface area contributed by atoms with Gasteiger partial charge in [-0.3, -0.25) is 5.32 Å². The van der Waals surface area contributed by atoms with Crippen molar-refractivity contribution in [1.82, 2.24) is 10.6 Å². The first kappa shape index (κ1) is 24.5. The third-order valence-electron chi connectivity index (χ3n) is 8.33. The van der Waals surface area contributed by atoms with Gasteiger partial charge in [-0.15, -0.1) is 0 Å². The van der Waals surface area contributed by atoms with E-state index in [-0.39, 0.29) is 12.3 Å². The van der Waals surface area contributed by atoms with Crippen LogP contribution in [0.4, 0.5) is 0 Å². The minimum Gasteiger partial charge on any atom is -0.350 e. The van der Waals surface area contributed by atoms with Crippen LogP contribution >= 0.6 is 0 Å². The molecule has 2 atom stereocenters. The molecular formula is C39H29N3. The number of aliphatic imine (C=N–C) groups is 1. The van der Waals surface area contributed by atoms with Gasteiger partial charge in [0.1, 0.15) is 18.2 Å². The molecule has 0 aliphatic carbocycles. The number of hydrogen-bond acceptors (Lipinski definition) is 3. The lowest BCUT2D eigenvalue weighted by Gasteiger charge is -2.32. The van der Waals surface area contributed by atoms with Crippen molar-refractivity contribution >= 4 is 38.2 Å². The molecule has 0 bridgehead atoms. The van der Waals surface area contributed by atoms with Crippen LogP contribution in [0.5, 0.6) is 0 Å². The molecule has 8 rings (SSSR count). The predicted octanol–water partition coefficient (Wildman–Crippen LogP) is 9.15. The summed E-state index contributed by atoms with van der Waals surface area (Å²) in [6, 6.07) is 54.0. The average Bonchev–Trinajstić information content (AvgIpc) is 3.09. The molecule has 42 heavy (non-hydrogen) atoms. The monoisotopic (exact) mass is 539 g/mol. The highest BCUT2D eigenvalue weighted by Gasteiger charge is 2.25. The molecule has 2 N–H and O–H groups in total. The first-order valence-electron chi connectivity index (χ1n) is 14.5. The Kier molecular flexibility index (Phi) is 6.02. The summed E-state index contributed by atoms with van der Waals surface area (Å²) in [6.45, 7) is 0. The van der Waals surface area contributed by atoms with E-state index in [2.05, 4.69) is 156 Å². The molecule has 0 fully saturated rings. The highest BCUT2D eigenvalue weighted by Crippen LogP contribution is 2.37. The number of hydrogen-bond donors (Lipinski definition) is 2. The quantitative estimate of drug-likeness (QED) is 0.219. The lowest BCUT2D eigenvalue weighted by Crippen LogP contribution is -2.44. The number of amidine groups is 1. The van der Waals surface area contributed by atoms with E-state index in [0.29, 0.717) is 0 Å². The summed E-state index contributed by atoms with van der Waals surface area (Å²) in [4.78, 5) is 5.15. The van der Waals surface area contributed by atoms with Crippen LogP contribution in [0, 0.1) is 0 Å². The summed E-state index contributed by atoms with van der Waals surface area (Å²) in [5, 5.41) is 15.1. The van der Waals surface area contributed by atoms with Crippen LogP contribution in [0.15, 0.2) is 157 Å². The van der Waals surface area contributed by atoms with Gasteiger partial charge in [-0.05, 0) is 66.7 Å². The molecule has 0 amide bonds. The van der Waals surface area contributed by atoms with Gasteiger partial charge in [0, 0.05) is 5.56 Å². The first-order chi connectivity index (χ1) is 20.8. The van der Waals surface area contributed by atoms with Gasteiger partial charge in [0.25, 0.3) is 0 Å². The van der Waals surface area contributed by atoms with Crippen LogP contribution in [0.1, 0.15) is 29.0 Å². The first-order valence-corrected chi connectivity index (χ1v) is 14.5. The second-order valence-corrected chi connectivity index (χ2v) is 10.9. The van der Waals surface area contributed by atoms with Gasteiger partial charge >= 0.3 is 0 Å². The van der Waals surface area contributed by atoms with Crippen LogP contribution in [0.25, 0.3) is 43.4 Å². The zero-order chi connectivity index (χ0) is 27.9. The molecule has 0 radical (unpaired) electrons. The van der Waals surface area contributed by atoms with E-state index in [0.717, 1.165) is 17.0 Å². The average molecular weight is 540 g/mol. The Labute approximate surface area is 245 Å². The summed E-state index contributed by atoms with van der Waals surface area (Å²) in [5.41, 5.74) is 5.75. The van der Waals surface area contributed by atoms with Crippen molar-refractivity contribution < 1.29 is 0 Å². The van der Waals surface area contributed by atoms with Crippen molar-refractivity contribution in [3.63, 3.8) is 0 Å². The molecule has 0 aromatic heterocycles. The van der Waals surface area contributed by atoms with Crippen LogP contribution in [0.3, 0.4) is 0 Å². The number of rotatable bonds is 4. The second kappa shape index (κ2) is 10.3. The Morgan fingerprint density at radius 1 is 0.405 bits per heavy atom. The van der Waals surface area contributed by atoms with Crippen molar-refractivity contribution in [2.75, 3.05) is 0 Å². The van der Waals surface area contributed by atoms with Gasteiger partial charge in [0.15, 0.2) is 0 Å². The van der Waals surface area contributed by atoms with Crippen LogP contribution in [0.2, 0.25) is 0 Å². The Bertz CT molecular complexity index is 2060. The lowest BCUT2D eigenvalue weighted by atomic mass is 9.92. The van der Waals surface area contributed by atoms with Gasteiger partial charge in [-0.1, -0.05) is 140 Å². The molecule has 1 aliphatic rings. The van der Waals surface area contributed by atoms with E-state index < -0.39 is 0 Å². The Hall–Kier alpha value is -5.25. The summed E-state index contributed by atoms with van der Waals surface area (Å²) >= 11 is 0. The van der Waals surface area contributed by atoms with E-state index >= 15 is 0 Å². The fourth-order valence-corrected chi connectivity index (χ4v) is 6.26. The van der Waals surface area contributed by atoms with Crippen molar-refractivity contribution in [3.05, 3.63) is 168 Å². The fraction of sp³-hybridized carbons (Fsp3) is 0.0513. The van der Waals surface area contributed by atoms with Gasteiger partial charge in [0.05, 0.1) is 0 Å². The molecule has 1 heterocycles. The topological polar surface area (TPSA) is 36.4 Å². The molecule has 7 aromatic rings. The Balaban J connectivity index is 1.24. The molecule has 3 nitrogen and oxygen atoms in total. The van der Waals surface area contributed by atoms with Crippen LogP contribution < -0.4 is 10.6 Å². The van der Waals surface area contributed by atoms with Crippen molar-refractivity contribution in [3.8, 4) is 11.1 Å². The molecule has 200 valence electrons. The normalized spacial score (nSPS) is 16.8. The number of fused-ring (bicyclic) bond motifs is 6. The third-order valence-corrected chi connectivity index (χ3v) is 8.33. The molecular weight excluding hydrogens is 510 g/mol. The number of benzene rings is 7. The summed E-state index contributed by atoms with van der Waals surface area (Å²) in [7, 11) is 0. The third kappa shape index (κ3) is 4.32. The van der Waals surface area contributed by atoms with Gasteiger partial charge < -0.3 is 5.32 Å².